The van der Waals surface area contributed by atoms with Crippen molar-refractivity contribution in [3.05, 3.63) is 0 Å². The molecule has 80 valence electrons. The monoisotopic (exact) mass is 188 g/mol. The number of aliphatic hydroxyl groups is 2. The average Bonchev–Trinajstić information content (AvgIpc) is 1.82. The molecule has 0 saturated heterocycles. The maximum absolute atomic E-state index is 8.88. The minimum Gasteiger partial charge on any atom is -0.396 e. The Kier molecular flexibility index (Phi) is 4.93. The Hall–Kier alpha value is -0.0800. The molecule has 0 bridgehead atoms. The van der Waals surface area contributed by atoms with Gasteiger partial charge >= 0.3 is 0 Å². The molecule has 0 fully saturated rings. The summed E-state index contributed by atoms with van der Waals surface area (Å²) in [6, 6.07) is 0. The van der Waals surface area contributed by atoms with Crippen LogP contribution in [0.4, 0.5) is 0 Å². The molecule has 0 amide bonds. The van der Waals surface area contributed by atoms with Crippen LogP contribution in [0.3, 0.4) is 0 Å². The third kappa shape index (κ3) is 6.05. The standard InChI is InChI=1S/C11H24O2/c1-10(2,5-7-12)9-11(3,4)6-8-13/h12-13H,5-9H2,1-4H3. The van der Waals surface area contributed by atoms with Gasteiger partial charge in [-0.2, -0.15) is 0 Å². The second-order valence-electron chi connectivity index (χ2n) is 5.45. The summed E-state index contributed by atoms with van der Waals surface area (Å²) in [6.45, 7) is 9.18. The second kappa shape index (κ2) is 4.97. The largest absolute Gasteiger partial charge is 0.396 e. The van der Waals surface area contributed by atoms with Gasteiger partial charge in [0, 0.05) is 13.2 Å². The van der Waals surface area contributed by atoms with E-state index in [1.165, 1.54) is 0 Å². The van der Waals surface area contributed by atoms with Gasteiger partial charge in [-0.05, 0) is 30.1 Å². The molecule has 0 unspecified atom stereocenters. The number of hydrogen-bond acceptors (Lipinski definition) is 2. The normalized spacial score (nSPS) is 13.4. The van der Waals surface area contributed by atoms with Gasteiger partial charge in [0.15, 0.2) is 0 Å². The van der Waals surface area contributed by atoms with Crippen molar-refractivity contribution in [2.24, 2.45) is 10.8 Å². The fraction of sp³-hybridized carbons (Fsp3) is 1.00. The predicted molar refractivity (Wildman–Crippen MR) is 55.6 cm³/mol. The lowest BCUT2D eigenvalue weighted by Crippen LogP contribution is -2.25. The first-order chi connectivity index (χ1) is 5.83. The van der Waals surface area contributed by atoms with Crippen LogP contribution in [0.15, 0.2) is 0 Å². The molecule has 0 rings (SSSR count). The van der Waals surface area contributed by atoms with Crippen LogP contribution >= 0.6 is 0 Å². The molecule has 0 aromatic rings. The summed E-state index contributed by atoms with van der Waals surface area (Å²) in [5.41, 5.74) is 0.348. The summed E-state index contributed by atoms with van der Waals surface area (Å²) in [4.78, 5) is 0. The molecule has 0 saturated carbocycles. The fourth-order valence-electron chi connectivity index (χ4n) is 2.08. The Bertz CT molecular complexity index is 123. The highest BCUT2D eigenvalue weighted by molar-refractivity contribution is 4.78. The van der Waals surface area contributed by atoms with E-state index in [4.69, 9.17) is 10.2 Å². The predicted octanol–water partition coefficient (Wildman–Crippen LogP) is 2.19. The summed E-state index contributed by atoms with van der Waals surface area (Å²) in [5, 5.41) is 17.8. The van der Waals surface area contributed by atoms with E-state index in [0.717, 1.165) is 19.3 Å². The Balaban J connectivity index is 4.07. The molecule has 2 heteroatoms. The van der Waals surface area contributed by atoms with Crippen molar-refractivity contribution in [1.29, 1.82) is 0 Å². The quantitative estimate of drug-likeness (QED) is 0.671. The van der Waals surface area contributed by atoms with E-state index in [1.54, 1.807) is 0 Å². The van der Waals surface area contributed by atoms with Crippen molar-refractivity contribution in [2.45, 2.75) is 47.0 Å². The van der Waals surface area contributed by atoms with Crippen LogP contribution in [0.1, 0.15) is 47.0 Å². The van der Waals surface area contributed by atoms with Gasteiger partial charge in [-0.1, -0.05) is 27.7 Å². The number of rotatable bonds is 6. The second-order valence-corrected chi connectivity index (χ2v) is 5.45. The summed E-state index contributed by atoms with van der Waals surface area (Å²) >= 11 is 0. The highest BCUT2D eigenvalue weighted by Gasteiger charge is 2.27. The zero-order chi connectivity index (χ0) is 10.5. The first-order valence-electron chi connectivity index (χ1n) is 5.05. The van der Waals surface area contributed by atoms with Crippen molar-refractivity contribution in [3.63, 3.8) is 0 Å². The Labute approximate surface area is 82.0 Å². The highest BCUT2D eigenvalue weighted by Crippen LogP contribution is 2.37. The van der Waals surface area contributed by atoms with Crippen LogP contribution in [-0.4, -0.2) is 23.4 Å². The van der Waals surface area contributed by atoms with Crippen LogP contribution in [0.5, 0.6) is 0 Å². The molecule has 0 aromatic carbocycles. The van der Waals surface area contributed by atoms with Crippen molar-refractivity contribution in [1.82, 2.24) is 0 Å². The topological polar surface area (TPSA) is 40.5 Å². The Morgan fingerprint density at radius 1 is 0.769 bits per heavy atom. The molecule has 2 N–H and O–H groups in total. The molecule has 0 radical (unpaired) electrons. The van der Waals surface area contributed by atoms with E-state index in [2.05, 4.69) is 27.7 Å². The molecule has 0 aliphatic rings. The maximum Gasteiger partial charge on any atom is 0.0436 e. The fourth-order valence-corrected chi connectivity index (χ4v) is 2.08. The first-order valence-corrected chi connectivity index (χ1v) is 5.05. The lowest BCUT2D eigenvalue weighted by Gasteiger charge is -2.34. The van der Waals surface area contributed by atoms with E-state index < -0.39 is 0 Å². The highest BCUT2D eigenvalue weighted by atomic mass is 16.3. The number of aliphatic hydroxyl groups excluding tert-OH is 2. The molecule has 0 heterocycles. The van der Waals surface area contributed by atoms with Gasteiger partial charge in [-0.25, -0.2) is 0 Å². The third-order valence-corrected chi connectivity index (χ3v) is 2.53. The Morgan fingerprint density at radius 2 is 1.08 bits per heavy atom. The van der Waals surface area contributed by atoms with E-state index in [-0.39, 0.29) is 24.0 Å². The van der Waals surface area contributed by atoms with Crippen LogP contribution in [-0.2, 0) is 0 Å². The van der Waals surface area contributed by atoms with Gasteiger partial charge < -0.3 is 10.2 Å². The molecule has 0 spiro atoms. The van der Waals surface area contributed by atoms with Crippen LogP contribution in [0.2, 0.25) is 0 Å². The zero-order valence-corrected chi connectivity index (χ0v) is 9.43. The van der Waals surface area contributed by atoms with Gasteiger partial charge in [0.05, 0.1) is 0 Å². The summed E-state index contributed by atoms with van der Waals surface area (Å²) < 4.78 is 0. The van der Waals surface area contributed by atoms with E-state index in [0.29, 0.717) is 0 Å². The van der Waals surface area contributed by atoms with Crippen LogP contribution < -0.4 is 0 Å². The van der Waals surface area contributed by atoms with E-state index in [9.17, 15) is 0 Å². The lowest BCUT2D eigenvalue weighted by molar-refractivity contribution is 0.119. The summed E-state index contributed by atoms with van der Waals surface area (Å²) in [5.74, 6) is 0. The molecule has 0 aliphatic heterocycles. The molecule has 13 heavy (non-hydrogen) atoms. The average molecular weight is 188 g/mol. The van der Waals surface area contributed by atoms with Crippen molar-refractivity contribution < 1.29 is 10.2 Å². The summed E-state index contributed by atoms with van der Waals surface area (Å²) in [6.07, 6.45) is 2.71. The van der Waals surface area contributed by atoms with Crippen LogP contribution in [0.25, 0.3) is 0 Å². The van der Waals surface area contributed by atoms with E-state index in [1.807, 2.05) is 0 Å². The zero-order valence-electron chi connectivity index (χ0n) is 9.43. The SMILES string of the molecule is CC(C)(CCO)CC(C)(C)CCO. The van der Waals surface area contributed by atoms with Gasteiger partial charge in [-0.3, -0.25) is 0 Å². The number of hydrogen-bond donors (Lipinski definition) is 2. The van der Waals surface area contributed by atoms with Gasteiger partial charge in [0.1, 0.15) is 0 Å². The molecule has 2 nitrogen and oxygen atoms in total. The molecular weight excluding hydrogens is 164 g/mol. The van der Waals surface area contributed by atoms with Gasteiger partial charge in [0.2, 0.25) is 0 Å². The Morgan fingerprint density at radius 3 is 1.31 bits per heavy atom. The van der Waals surface area contributed by atoms with Crippen molar-refractivity contribution in [2.75, 3.05) is 13.2 Å². The molecule has 0 aromatic heterocycles. The van der Waals surface area contributed by atoms with Crippen LogP contribution in [0, 0.1) is 10.8 Å². The lowest BCUT2D eigenvalue weighted by atomic mass is 9.72. The molecular formula is C11H24O2. The smallest absolute Gasteiger partial charge is 0.0436 e. The first kappa shape index (κ1) is 12.9. The molecule has 0 atom stereocenters. The van der Waals surface area contributed by atoms with Crippen molar-refractivity contribution in [3.8, 4) is 0 Å². The van der Waals surface area contributed by atoms with Gasteiger partial charge in [0.25, 0.3) is 0 Å². The van der Waals surface area contributed by atoms with Gasteiger partial charge in [-0.15, -0.1) is 0 Å². The minimum absolute atomic E-state index is 0.174. The maximum atomic E-state index is 8.88. The minimum atomic E-state index is 0.174. The molecule has 0 aliphatic carbocycles. The van der Waals surface area contributed by atoms with Crippen molar-refractivity contribution >= 4 is 0 Å². The van der Waals surface area contributed by atoms with E-state index >= 15 is 0 Å². The third-order valence-electron chi connectivity index (χ3n) is 2.53. The summed E-state index contributed by atoms with van der Waals surface area (Å²) in [7, 11) is 0.